The number of carbonyl (C=O) groups is 2. The minimum absolute atomic E-state index is 0.814. The number of carbonyl (C=O) groups excluding carboxylic acids is 2. The van der Waals surface area contributed by atoms with Crippen LogP contribution in [0.4, 0.5) is 9.18 Å². The summed E-state index contributed by atoms with van der Waals surface area (Å²) in [5, 5.41) is 10.4. The summed E-state index contributed by atoms with van der Waals surface area (Å²) in [6.07, 6.45) is 0.929. The highest BCUT2D eigenvalue weighted by atomic mass is 19.1. The van der Waals surface area contributed by atoms with Gasteiger partial charge in [0.1, 0.15) is 0 Å². The van der Waals surface area contributed by atoms with Gasteiger partial charge in [-0.3, -0.25) is 0 Å². The van der Waals surface area contributed by atoms with Crippen LogP contribution in [0.1, 0.15) is 0 Å². The summed E-state index contributed by atoms with van der Waals surface area (Å²) < 4.78 is 13.5. The Bertz CT molecular complexity index is 373. The van der Waals surface area contributed by atoms with E-state index in [-0.39, 0.29) is 0 Å². The van der Waals surface area contributed by atoms with Crippen LogP contribution in [-0.4, -0.2) is 41.2 Å². The summed E-state index contributed by atoms with van der Waals surface area (Å²) in [7, 11) is 0. The van der Waals surface area contributed by atoms with Crippen LogP contribution in [0.15, 0.2) is 9.98 Å². The van der Waals surface area contributed by atoms with Crippen molar-refractivity contribution < 1.29 is 23.9 Å². The first kappa shape index (κ1) is 10.0. The Morgan fingerprint density at radius 3 is 2.93 bits per heavy atom. The van der Waals surface area contributed by atoms with E-state index in [0.29, 0.717) is 0 Å². The molecule has 0 aliphatic carbocycles. The molecular formula is C6H4FN3O4. The number of rotatable bonds is 1. The highest BCUT2D eigenvalue weighted by Gasteiger charge is 2.48. The van der Waals surface area contributed by atoms with Gasteiger partial charge in [-0.1, -0.05) is 0 Å². The number of amidine groups is 1. The van der Waals surface area contributed by atoms with Crippen molar-refractivity contribution >= 4 is 23.9 Å². The molecule has 0 bridgehead atoms. The van der Waals surface area contributed by atoms with Gasteiger partial charge in [0, 0.05) is 0 Å². The Morgan fingerprint density at radius 2 is 2.43 bits per heavy atom. The molecule has 0 aromatic heterocycles. The molecule has 74 valence electrons. The fourth-order valence-electron chi connectivity index (χ4n) is 0.829. The minimum Gasteiger partial charge on any atom is -0.478 e. The number of aliphatic imine (C=N–C) groups is 2. The summed E-state index contributed by atoms with van der Waals surface area (Å²) >= 11 is 0. The Kier molecular flexibility index (Phi) is 2.39. The summed E-state index contributed by atoms with van der Waals surface area (Å²) in [5.74, 6) is -2.88. The quantitative estimate of drug-likeness (QED) is 0.429. The number of carboxylic acid groups (broad SMARTS) is 1. The molecule has 1 aliphatic rings. The number of nitrogens with zero attached hydrogens (tertiary/aromatic N) is 2. The third-order valence-corrected chi connectivity index (χ3v) is 1.54. The van der Waals surface area contributed by atoms with Gasteiger partial charge in [0.25, 0.3) is 5.67 Å². The monoisotopic (exact) mass is 201 g/mol. The number of hydrogen-bond acceptors (Lipinski definition) is 4. The van der Waals surface area contributed by atoms with Crippen molar-refractivity contribution in [1.82, 2.24) is 5.32 Å². The van der Waals surface area contributed by atoms with E-state index in [1.165, 1.54) is 0 Å². The fraction of sp³-hybridized carbons (Fsp3) is 0.333. The van der Waals surface area contributed by atoms with Crippen LogP contribution in [-0.2, 0) is 9.59 Å². The van der Waals surface area contributed by atoms with Gasteiger partial charge in [0.05, 0.1) is 6.54 Å². The van der Waals surface area contributed by atoms with E-state index in [9.17, 15) is 18.8 Å². The molecule has 0 aromatic rings. The molecule has 0 spiro atoms. The number of carboxylic acids is 1. The Labute approximate surface area is 76.3 Å². The third-order valence-electron chi connectivity index (χ3n) is 1.54. The zero-order chi connectivity index (χ0) is 10.8. The fourth-order valence-corrected chi connectivity index (χ4v) is 0.829. The lowest BCUT2D eigenvalue weighted by Crippen LogP contribution is -2.54. The standard InChI is InChI=1S/C6H4FN3O4/c7-6(4(12)13)1-8-5(14)10-3(6)9-2-11/h1H2,(H,8,14)(H,12,13). The molecule has 8 heteroatoms. The van der Waals surface area contributed by atoms with Gasteiger partial charge in [-0.05, 0) is 0 Å². The molecule has 0 saturated heterocycles. The molecule has 0 saturated carbocycles. The van der Waals surface area contributed by atoms with E-state index in [4.69, 9.17) is 5.11 Å². The third kappa shape index (κ3) is 1.50. The van der Waals surface area contributed by atoms with Gasteiger partial charge in [0.15, 0.2) is 5.84 Å². The first-order chi connectivity index (χ1) is 6.50. The van der Waals surface area contributed by atoms with Gasteiger partial charge in [-0.25, -0.2) is 18.8 Å². The molecule has 1 rings (SSSR count). The predicted molar refractivity (Wildman–Crippen MR) is 40.4 cm³/mol. The maximum absolute atomic E-state index is 13.5. The van der Waals surface area contributed by atoms with Crippen LogP contribution in [0.2, 0.25) is 0 Å². The second kappa shape index (κ2) is 3.35. The Hall–Kier alpha value is -2.08. The lowest BCUT2D eigenvalue weighted by atomic mass is 10.0. The number of halogens is 1. The van der Waals surface area contributed by atoms with Crippen molar-refractivity contribution in [3.8, 4) is 0 Å². The van der Waals surface area contributed by atoms with E-state index in [1.807, 2.05) is 5.32 Å². The van der Waals surface area contributed by atoms with Crippen molar-refractivity contribution in [3.05, 3.63) is 0 Å². The van der Waals surface area contributed by atoms with E-state index in [1.54, 1.807) is 0 Å². The summed E-state index contributed by atoms with van der Waals surface area (Å²) in [5.41, 5.74) is -2.97. The normalized spacial score (nSPS) is 25.8. The number of hydrogen-bond donors (Lipinski definition) is 2. The van der Waals surface area contributed by atoms with Gasteiger partial charge in [0.2, 0.25) is 6.08 Å². The highest BCUT2D eigenvalue weighted by molar-refractivity contribution is 6.15. The second-order valence-corrected chi connectivity index (χ2v) is 2.40. The number of nitrogens with one attached hydrogen (secondary N) is 1. The molecule has 2 N–H and O–H groups in total. The summed E-state index contributed by atoms with van der Waals surface area (Å²) in [6.45, 7) is -0.814. The second-order valence-electron chi connectivity index (χ2n) is 2.40. The van der Waals surface area contributed by atoms with Gasteiger partial charge in [-0.15, -0.1) is 4.99 Å². The Balaban J connectivity index is 3.20. The molecule has 1 heterocycles. The van der Waals surface area contributed by atoms with E-state index in [2.05, 4.69) is 9.98 Å². The maximum atomic E-state index is 13.5. The molecule has 0 radical (unpaired) electrons. The average molecular weight is 201 g/mol. The maximum Gasteiger partial charge on any atom is 0.351 e. The number of aliphatic carboxylic acids is 1. The van der Waals surface area contributed by atoms with E-state index in [0.717, 1.165) is 6.08 Å². The topological polar surface area (TPSA) is 108 Å². The Morgan fingerprint density at radius 1 is 1.79 bits per heavy atom. The number of urea groups is 1. The van der Waals surface area contributed by atoms with Crippen molar-refractivity contribution in [3.63, 3.8) is 0 Å². The molecule has 0 fully saturated rings. The SMILES string of the molecule is O=C=NC1=NC(=O)NCC1(F)C(=O)O. The van der Waals surface area contributed by atoms with Gasteiger partial charge >= 0.3 is 12.0 Å². The van der Waals surface area contributed by atoms with Crippen molar-refractivity contribution in [2.75, 3.05) is 6.54 Å². The lowest BCUT2D eigenvalue weighted by molar-refractivity contribution is -0.145. The predicted octanol–water partition coefficient (Wildman–Crippen LogP) is -0.763. The molecule has 7 nitrogen and oxygen atoms in total. The first-order valence-electron chi connectivity index (χ1n) is 3.38. The zero-order valence-electron chi connectivity index (χ0n) is 6.65. The van der Waals surface area contributed by atoms with Crippen LogP contribution in [0.3, 0.4) is 0 Å². The van der Waals surface area contributed by atoms with Gasteiger partial charge in [-0.2, -0.15) is 4.99 Å². The molecule has 1 aliphatic heterocycles. The van der Waals surface area contributed by atoms with E-state index >= 15 is 0 Å². The summed E-state index contributed by atoms with van der Waals surface area (Å²) in [6, 6.07) is -0.950. The molecule has 1 atom stereocenters. The number of amides is 2. The first-order valence-corrected chi connectivity index (χ1v) is 3.38. The average Bonchev–Trinajstić information content (AvgIpc) is 2.12. The van der Waals surface area contributed by atoms with Crippen LogP contribution in [0, 0.1) is 0 Å². The molecule has 0 aromatic carbocycles. The number of isocyanates is 1. The zero-order valence-corrected chi connectivity index (χ0v) is 6.65. The van der Waals surface area contributed by atoms with Gasteiger partial charge < -0.3 is 10.4 Å². The molecular weight excluding hydrogens is 197 g/mol. The van der Waals surface area contributed by atoms with Crippen LogP contribution < -0.4 is 5.32 Å². The number of alkyl halides is 1. The molecule has 14 heavy (non-hydrogen) atoms. The lowest BCUT2D eigenvalue weighted by Gasteiger charge is -2.22. The van der Waals surface area contributed by atoms with Crippen molar-refractivity contribution in [2.24, 2.45) is 9.98 Å². The van der Waals surface area contributed by atoms with Crippen molar-refractivity contribution in [1.29, 1.82) is 0 Å². The smallest absolute Gasteiger partial charge is 0.351 e. The summed E-state index contributed by atoms with van der Waals surface area (Å²) in [4.78, 5) is 36.6. The van der Waals surface area contributed by atoms with Crippen LogP contribution in [0.25, 0.3) is 0 Å². The minimum atomic E-state index is -2.97. The van der Waals surface area contributed by atoms with Crippen LogP contribution >= 0.6 is 0 Å². The molecule has 1 unspecified atom stereocenters. The van der Waals surface area contributed by atoms with Crippen LogP contribution in [0.5, 0.6) is 0 Å². The largest absolute Gasteiger partial charge is 0.478 e. The highest BCUT2D eigenvalue weighted by Crippen LogP contribution is 2.17. The van der Waals surface area contributed by atoms with Crippen molar-refractivity contribution in [2.45, 2.75) is 5.67 Å². The molecule has 2 amide bonds. The van der Waals surface area contributed by atoms with E-state index < -0.39 is 30.0 Å².